The van der Waals surface area contributed by atoms with Gasteiger partial charge in [0.05, 0.1) is 63.2 Å². The number of amides is 2. The predicted octanol–water partition coefficient (Wildman–Crippen LogP) is 8.93. The molecule has 6 N–H and O–H groups in total. The molecule has 1 unspecified atom stereocenters. The van der Waals surface area contributed by atoms with Crippen molar-refractivity contribution in [2.45, 2.75) is 26.9 Å². The molecule has 0 aliphatic heterocycles. The van der Waals surface area contributed by atoms with Crippen LogP contribution in [0.1, 0.15) is 41.5 Å². The summed E-state index contributed by atoms with van der Waals surface area (Å²) in [5.74, 6) is -11.7. The van der Waals surface area contributed by atoms with E-state index < -0.39 is 80.7 Å². The van der Waals surface area contributed by atoms with Gasteiger partial charge < -0.3 is 20.8 Å². The van der Waals surface area contributed by atoms with Crippen LogP contribution in [0, 0.1) is 47.5 Å². The van der Waals surface area contributed by atoms with Crippen LogP contribution in [0.15, 0.2) is 48.5 Å². The van der Waals surface area contributed by atoms with Crippen LogP contribution in [0.2, 0.25) is 10.0 Å². The number of rotatable bonds is 13. The molecular weight excluding hydrogens is 999 g/mol. The first-order valence-corrected chi connectivity index (χ1v) is 18.1. The van der Waals surface area contributed by atoms with E-state index in [0.29, 0.717) is 12.1 Å². The number of aliphatic hydroxyl groups excluding tert-OH is 2. The summed E-state index contributed by atoms with van der Waals surface area (Å²) >= 11 is 16.1. The maximum absolute atomic E-state index is 14.4. The van der Waals surface area contributed by atoms with Crippen molar-refractivity contribution in [3.63, 3.8) is 0 Å². The molecule has 0 saturated heterocycles. The summed E-state index contributed by atoms with van der Waals surface area (Å²) in [5.41, 5.74) is 1.44. The van der Waals surface area contributed by atoms with Gasteiger partial charge in [-0.15, -0.1) is 0 Å². The molecule has 4 rings (SSSR count). The summed E-state index contributed by atoms with van der Waals surface area (Å²) in [6, 6.07) is 10.5. The minimum Gasteiger partial charge on any atom is -0.396 e. The van der Waals surface area contributed by atoms with E-state index in [4.69, 9.17) is 38.0 Å². The number of nitrogens with one attached hydrogen (secondary N) is 4. The van der Waals surface area contributed by atoms with Gasteiger partial charge in [-0.3, -0.25) is 19.3 Å². The zero-order valence-electron chi connectivity index (χ0n) is 28.1. The van der Waals surface area contributed by atoms with E-state index in [1.807, 2.05) is 56.1 Å². The Morgan fingerprint density at radius 2 is 1.15 bits per heavy atom. The van der Waals surface area contributed by atoms with E-state index in [9.17, 15) is 41.0 Å². The largest absolute Gasteiger partial charge is 0.396 e. The highest BCUT2D eigenvalue weighted by Gasteiger charge is 2.26. The van der Waals surface area contributed by atoms with Crippen LogP contribution in [0.25, 0.3) is 0 Å². The Balaban J connectivity index is 0.000000291. The van der Waals surface area contributed by atoms with Crippen molar-refractivity contribution < 1.29 is 55.8 Å². The second-order valence-electron chi connectivity index (χ2n) is 11.9. The van der Waals surface area contributed by atoms with Gasteiger partial charge in [-0.2, -0.15) is 0 Å². The van der Waals surface area contributed by atoms with Gasteiger partial charge in [0.2, 0.25) is 0 Å². The third kappa shape index (κ3) is 12.4. The van der Waals surface area contributed by atoms with Gasteiger partial charge in [-0.05, 0) is 101 Å². The lowest BCUT2D eigenvalue weighted by Crippen LogP contribution is -2.32. The zero-order valence-corrected chi connectivity index (χ0v) is 34.0. The minimum absolute atomic E-state index is 0.0624. The number of aliphatic hydroxyl groups is 2. The lowest BCUT2D eigenvalue weighted by molar-refractivity contribution is -0.0197. The molecular formula is C34H30Cl2F6I2N4O6. The van der Waals surface area contributed by atoms with E-state index in [1.165, 1.54) is 19.1 Å². The molecule has 0 aliphatic carbocycles. The summed E-state index contributed by atoms with van der Waals surface area (Å²) in [7, 11) is 0. The average Bonchev–Trinajstić information content (AvgIpc) is 3.10. The first kappa shape index (κ1) is 45.3. The summed E-state index contributed by atoms with van der Waals surface area (Å²) in [4.78, 5) is 34.2. The van der Waals surface area contributed by atoms with Crippen molar-refractivity contribution in [3.05, 3.63) is 112 Å². The molecule has 292 valence electrons. The SMILES string of the molecule is CC(C)(CO)CONC(=O)c1cc(F)c(F)c(F)c1Nc1ccc(I)cc1Cl.CC(O)CONC(=O)c1cc(F)c(F)c(F)c1Nc1ccc(I)cc1Cl. The Bertz CT molecular complexity index is 2020. The summed E-state index contributed by atoms with van der Waals surface area (Å²) in [6.07, 6.45) is -0.875. The number of hydrogen-bond acceptors (Lipinski definition) is 8. The average molecular weight is 1030 g/mol. The lowest BCUT2D eigenvalue weighted by atomic mass is 9.97. The zero-order chi connectivity index (χ0) is 40.5. The fraction of sp³-hybridized carbons (Fsp3) is 0.235. The van der Waals surface area contributed by atoms with Gasteiger partial charge >= 0.3 is 0 Å². The van der Waals surface area contributed by atoms with Crippen LogP contribution < -0.4 is 21.6 Å². The molecule has 0 saturated carbocycles. The number of carbonyl (C=O) groups is 2. The fourth-order valence-corrected chi connectivity index (χ4v) is 5.73. The molecule has 4 aromatic carbocycles. The Morgan fingerprint density at radius 1 is 0.741 bits per heavy atom. The minimum atomic E-state index is -1.74. The molecule has 4 aromatic rings. The molecule has 0 bridgehead atoms. The first-order valence-electron chi connectivity index (χ1n) is 15.2. The number of hydrogen-bond donors (Lipinski definition) is 6. The lowest BCUT2D eigenvalue weighted by Gasteiger charge is -2.21. The molecule has 0 aromatic heterocycles. The normalized spacial score (nSPS) is 11.7. The van der Waals surface area contributed by atoms with Gasteiger partial charge in [-0.25, -0.2) is 37.3 Å². The van der Waals surface area contributed by atoms with Gasteiger partial charge in [0.15, 0.2) is 34.9 Å². The van der Waals surface area contributed by atoms with E-state index in [-0.39, 0.29) is 41.2 Å². The Morgan fingerprint density at radius 3 is 1.52 bits per heavy atom. The highest BCUT2D eigenvalue weighted by molar-refractivity contribution is 14.1. The fourth-order valence-electron chi connectivity index (χ4n) is 3.92. The summed E-state index contributed by atoms with van der Waals surface area (Å²) < 4.78 is 84.9. The van der Waals surface area contributed by atoms with Crippen LogP contribution in [-0.4, -0.2) is 48.0 Å². The van der Waals surface area contributed by atoms with Crippen LogP contribution in [0.3, 0.4) is 0 Å². The summed E-state index contributed by atoms with van der Waals surface area (Å²) in [6.45, 7) is 4.26. The maximum Gasteiger partial charge on any atom is 0.277 e. The topological polar surface area (TPSA) is 141 Å². The van der Waals surface area contributed by atoms with Crippen LogP contribution >= 0.6 is 68.4 Å². The second-order valence-corrected chi connectivity index (χ2v) is 15.3. The van der Waals surface area contributed by atoms with Crippen LogP contribution in [-0.2, 0) is 9.68 Å². The third-order valence-electron chi connectivity index (χ3n) is 6.74. The molecule has 1 atom stereocenters. The third-order valence-corrected chi connectivity index (χ3v) is 8.71. The predicted molar refractivity (Wildman–Crippen MR) is 207 cm³/mol. The van der Waals surface area contributed by atoms with Gasteiger partial charge in [-0.1, -0.05) is 37.0 Å². The monoisotopic (exact) mass is 1030 g/mol. The van der Waals surface area contributed by atoms with E-state index in [1.54, 1.807) is 38.1 Å². The van der Waals surface area contributed by atoms with Crippen molar-refractivity contribution in [2.75, 3.05) is 30.5 Å². The molecule has 2 amide bonds. The summed E-state index contributed by atoms with van der Waals surface area (Å²) in [5, 5.41) is 23.7. The smallest absolute Gasteiger partial charge is 0.277 e. The Kier molecular flexibility index (Phi) is 16.9. The number of carbonyl (C=O) groups excluding carboxylic acids is 2. The molecule has 0 fully saturated rings. The van der Waals surface area contributed by atoms with Crippen molar-refractivity contribution in [1.29, 1.82) is 0 Å². The maximum atomic E-state index is 14.4. The number of benzene rings is 4. The number of hydroxylamine groups is 2. The number of anilines is 4. The first-order chi connectivity index (χ1) is 25.3. The van der Waals surface area contributed by atoms with Crippen LogP contribution in [0.4, 0.5) is 49.1 Å². The molecule has 54 heavy (non-hydrogen) atoms. The second kappa shape index (κ2) is 20.2. The van der Waals surface area contributed by atoms with Gasteiger partial charge in [0, 0.05) is 12.6 Å². The Hall–Kier alpha value is -3.12. The molecule has 20 heteroatoms. The molecule has 0 radical (unpaired) electrons. The Labute approximate surface area is 342 Å². The molecule has 0 aliphatic rings. The van der Waals surface area contributed by atoms with Crippen LogP contribution in [0.5, 0.6) is 0 Å². The van der Waals surface area contributed by atoms with Crippen molar-refractivity contribution in [2.24, 2.45) is 5.41 Å². The standard InChI is InChI=1S/C18H17ClF3IN2O3.C16H13ClF3IN2O3/c1-18(2,7-26)8-28-25-17(27)10-6-12(20)14(21)15(22)16(10)24-13-4-3-9(23)5-11(13)19;1-7(24)6-26-23-16(25)9-5-11(18)13(19)14(20)15(9)22-12-3-2-8(21)4-10(12)17/h3-6,24,26H,7-8H2,1-2H3,(H,25,27);2-5,7,22,24H,6H2,1H3,(H,23,25). The van der Waals surface area contributed by atoms with E-state index >= 15 is 0 Å². The van der Waals surface area contributed by atoms with Gasteiger partial charge in [0.1, 0.15) is 6.61 Å². The molecule has 0 spiro atoms. The highest BCUT2D eigenvalue weighted by Crippen LogP contribution is 2.34. The van der Waals surface area contributed by atoms with E-state index in [0.717, 1.165) is 7.14 Å². The van der Waals surface area contributed by atoms with Gasteiger partial charge in [0.25, 0.3) is 11.8 Å². The van der Waals surface area contributed by atoms with Crippen molar-refractivity contribution in [3.8, 4) is 0 Å². The number of halogens is 10. The molecule has 0 heterocycles. The molecule has 10 nitrogen and oxygen atoms in total. The van der Waals surface area contributed by atoms with Crippen molar-refractivity contribution in [1.82, 2.24) is 11.0 Å². The highest BCUT2D eigenvalue weighted by atomic mass is 127. The van der Waals surface area contributed by atoms with E-state index in [2.05, 4.69) is 10.6 Å². The quantitative estimate of drug-likeness (QED) is 0.0338. The van der Waals surface area contributed by atoms with Crippen molar-refractivity contribution >= 4 is 103 Å².